The van der Waals surface area contributed by atoms with Gasteiger partial charge in [-0.1, -0.05) is 6.92 Å². The Bertz CT molecular complexity index is 459. The molecule has 0 spiro atoms. The molecule has 2 N–H and O–H groups in total. The molecule has 3 nitrogen and oxygen atoms in total. The van der Waals surface area contributed by atoms with E-state index in [0.29, 0.717) is 18.3 Å². The van der Waals surface area contributed by atoms with E-state index in [1.54, 1.807) is 0 Å². The number of rotatable bonds is 6. The van der Waals surface area contributed by atoms with E-state index in [0.717, 1.165) is 30.7 Å². The predicted molar refractivity (Wildman–Crippen MR) is 82.0 cm³/mol. The lowest BCUT2D eigenvalue weighted by atomic mass is 10.2. The molecule has 0 radical (unpaired) electrons. The van der Waals surface area contributed by atoms with Gasteiger partial charge >= 0.3 is 6.18 Å². The van der Waals surface area contributed by atoms with Crippen LogP contribution in [0.1, 0.15) is 31.7 Å². The Kier molecular flexibility index (Phi) is 5.61. The SMILES string of the molecule is CCCNc1cc(C(F)(F)F)cc(NCC2CCCS2)n1. The number of halogens is 3. The second-order valence-electron chi connectivity index (χ2n) is 5.07. The van der Waals surface area contributed by atoms with Gasteiger partial charge in [0.15, 0.2) is 0 Å². The number of pyridine rings is 1. The van der Waals surface area contributed by atoms with Gasteiger partial charge in [0.2, 0.25) is 0 Å². The van der Waals surface area contributed by atoms with Crippen LogP contribution in [0.4, 0.5) is 24.8 Å². The summed E-state index contributed by atoms with van der Waals surface area (Å²) < 4.78 is 38.8. The van der Waals surface area contributed by atoms with E-state index in [2.05, 4.69) is 15.6 Å². The van der Waals surface area contributed by atoms with Gasteiger partial charge in [-0.2, -0.15) is 24.9 Å². The Morgan fingerprint density at radius 1 is 1.29 bits per heavy atom. The van der Waals surface area contributed by atoms with Crippen molar-refractivity contribution >= 4 is 23.4 Å². The zero-order valence-corrected chi connectivity index (χ0v) is 12.8. The number of hydrogen-bond donors (Lipinski definition) is 2. The maximum Gasteiger partial charge on any atom is 0.416 e. The summed E-state index contributed by atoms with van der Waals surface area (Å²) in [6.07, 6.45) is -1.24. The molecule has 1 saturated heterocycles. The third-order valence-electron chi connectivity index (χ3n) is 3.24. The van der Waals surface area contributed by atoms with E-state index in [9.17, 15) is 13.2 Å². The molecular weight excluding hydrogens is 299 g/mol. The molecule has 0 aliphatic carbocycles. The third kappa shape index (κ3) is 4.98. The highest BCUT2D eigenvalue weighted by Crippen LogP contribution is 2.32. The van der Waals surface area contributed by atoms with Crippen molar-refractivity contribution in [3.63, 3.8) is 0 Å². The van der Waals surface area contributed by atoms with Crippen LogP contribution in [0.3, 0.4) is 0 Å². The van der Waals surface area contributed by atoms with E-state index < -0.39 is 11.7 Å². The first kappa shape index (κ1) is 16.3. The lowest BCUT2D eigenvalue weighted by Gasteiger charge is -2.15. The number of hydrogen-bond acceptors (Lipinski definition) is 4. The highest BCUT2D eigenvalue weighted by molar-refractivity contribution is 8.00. The minimum atomic E-state index is -4.36. The molecule has 21 heavy (non-hydrogen) atoms. The third-order valence-corrected chi connectivity index (χ3v) is 4.64. The van der Waals surface area contributed by atoms with E-state index in [1.807, 2.05) is 18.7 Å². The summed E-state index contributed by atoms with van der Waals surface area (Å²) in [4.78, 5) is 4.21. The Labute approximate surface area is 127 Å². The smallest absolute Gasteiger partial charge is 0.370 e. The summed E-state index contributed by atoms with van der Waals surface area (Å²) in [7, 11) is 0. The van der Waals surface area contributed by atoms with E-state index >= 15 is 0 Å². The number of thioether (sulfide) groups is 1. The van der Waals surface area contributed by atoms with Gasteiger partial charge in [-0.3, -0.25) is 0 Å². The van der Waals surface area contributed by atoms with Crippen LogP contribution < -0.4 is 10.6 Å². The Morgan fingerprint density at radius 3 is 2.57 bits per heavy atom. The van der Waals surface area contributed by atoms with Crippen LogP contribution in [0.5, 0.6) is 0 Å². The van der Waals surface area contributed by atoms with Gasteiger partial charge in [0.1, 0.15) is 11.6 Å². The number of nitrogens with one attached hydrogen (secondary N) is 2. The van der Waals surface area contributed by atoms with Crippen molar-refractivity contribution in [2.45, 2.75) is 37.6 Å². The standard InChI is InChI=1S/C14H20F3N3S/c1-2-5-18-12-7-10(14(15,16)17)8-13(20-12)19-9-11-4-3-6-21-11/h7-8,11H,2-6,9H2,1H3,(H2,18,19,20). The maximum atomic E-state index is 12.9. The average molecular weight is 319 g/mol. The molecule has 2 heterocycles. The molecule has 1 aliphatic rings. The largest absolute Gasteiger partial charge is 0.416 e. The van der Waals surface area contributed by atoms with Gasteiger partial charge in [0, 0.05) is 18.3 Å². The van der Waals surface area contributed by atoms with Crippen LogP contribution in [-0.2, 0) is 6.18 Å². The fraction of sp³-hybridized carbons (Fsp3) is 0.643. The van der Waals surface area contributed by atoms with Gasteiger partial charge in [-0.05, 0) is 37.1 Å². The Balaban J connectivity index is 2.09. The molecule has 2 rings (SSSR count). The van der Waals surface area contributed by atoms with Crippen LogP contribution in [0, 0.1) is 0 Å². The van der Waals surface area contributed by atoms with Gasteiger partial charge in [0.25, 0.3) is 0 Å². The maximum absolute atomic E-state index is 12.9. The summed E-state index contributed by atoms with van der Waals surface area (Å²) in [5, 5.41) is 6.43. The molecule has 0 saturated carbocycles. The van der Waals surface area contributed by atoms with E-state index in [4.69, 9.17) is 0 Å². The first-order valence-electron chi connectivity index (χ1n) is 7.17. The molecule has 1 aromatic rings. The van der Waals surface area contributed by atoms with E-state index in [1.165, 1.54) is 6.42 Å². The molecule has 1 aromatic heterocycles. The minimum absolute atomic E-state index is 0.272. The van der Waals surface area contributed by atoms with Crippen molar-refractivity contribution in [2.75, 3.05) is 29.5 Å². The molecule has 118 valence electrons. The summed E-state index contributed by atoms with van der Waals surface area (Å²) in [6.45, 7) is 3.22. The molecule has 0 aromatic carbocycles. The number of aromatic nitrogens is 1. The van der Waals surface area contributed by atoms with Crippen LogP contribution in [0.2, 0.25) is 0 Å². The number of alkyl halides is 3. The lowest BCUT2D eigenvalue weighted by Crippen LogP contribution is -2.16. The highest BCUT2D eigenvalue weighted by Gasteiger charge is 2.31. The number of anilines is 2. The molecule has 1 fully saturated rings. The molecule has 1 aliphatic heterocycles. The summed E-state index contributed by atoms with van der Waals surface area (Å²) in [5.41, 5.74) is -0.669. The monoisotopic (exact) mass is 319 g/mol. The fourth-order valence-electron chi connectivity index (χ4n) is 2.15. The van der Waals surface area contributed by atoms with Crippen molar-refractivity contribution in [2.24, 2.45) is 0 Å². The van der Waals surface area contributed by atoms with Crippen molar-refractivity contribution in [3.8, 4) is 0 Å². The van der Waals surface area contributed by atoms with Gasteiger partial charge in [-0.15, -0.1) is 0 Å². The zero-order valence-electron chi connectivity index (χ0n) is 12.0. The zero-order chi connectivity index (χ0) is 15.3. The normalized spacial score (nSPS) is 18.8. The van der Waals surface area contributed by atoms with Crippen molar-refractivity contribution < 1.29 is 13.2 Å². The van der Waals surface area contributed by atoms with E-state index in [-0.39, 0.29) is 11.6 Å². The highest BCUT2D eigenvalue weighted by atomic mass is 32.2. The molecule has 1 unspecified atom stereocenters. The predicted octanol–water partition coefficient (Wildman–Crippen LogP) is 4.23. The summed E-state index contributed by atoms with van der Waals surface area (Å²) in [6, 6.07) is 2.14. The minimum Gasteiger partial charge on any atom is -0.370 e. The topological polar surface area (TPSA) is 37.0 Å². The van der Waals surface area contributed by atoms with Crippen molar-refractivity contribution in [1.29, 1.82) is 0 Å². The summed E-state index contributed by atoms with van der Waals surface area (Å²) >= 11 is 1.86. The molecule has 0 amide bonds. The Hall–Kier alpha value is -1.11. The number of nitrogens with zero attached hydrogens (tertiary/aromatic N) is 1. The van der Waals surface area contributed by atoms with Crippen LogP contribution in [0.15, 0.2) is 12.1 Å². The van der Waals surface area contributed by atoms with Gasteiger partial charge < -0.3 is 10.6 Å². The second-order valence-corrected chi connectivity index (χ2v) is 6.48. The fourth-order valence-corrected chi connectivity index (χ4v) is 3.35. The van der Waals surface area contributed by atoms with Crippen LogP contribution in [0.25, 0.3) is 0 Å². The molecular formula is C14H20F3N3S. The molecule has 7 heteroatoms. The Morgan fingerprint density at radius 2 is 2.00 bits per heavy atom. The first-order chi connectivity index (χ1) is 9.99. The quantitative estimate of drug-likeness (QED) is 0.823. The van der Waals surface area contributed by atoms with Gasteiger partial charge in [0.05, 0.1) is 5.56 Å². The second kappa shape index (κ2) is 7.24. The van der Waals surface area contributed by atoms with Crippen molar-refractivity contribution in [3.05, 3.63) is 17.7 Å². The lowest BCUT2D eigenvalue weighted by molar-refractivity contribution is -0.137. The first-order valence-corrected chi connectivity index (χ1v) is 8.22. The van der Waals surface area contributed by atoms with Gasteiger partial charge in [-0.25, -0.2) is 4.98 Å². The molecule has 0 bridgehead atoms. The molecule has 1 atom stereocenters. The van der Waals surface area contributed by atoms with Crippen molar-refractivity contribution in [1.82, 2.24) is 4.98 Å². The summed E-state index contributed by atoms with van der Waals surface area (Å²) in [5.74, 6) is 1.69. The average Bonchev–Trinajstić information content (AvgIpc) is 2.95. The van der Waals surface area contributed by atoms with Crippen LogP contribution >= 0.6 is 11.8 Å². The van der Waals surface area contributed by atoms with Crippen LogP contribution in [-0.4, -0.2) is 29.1 Å².